The van der Waals surface area contributed by atoms with Gasteiger partial charge in [0.15, 0.2) is 0 Å². The first kappa shape index (κ1) is 13.8. The lowest BCUT2D eigenvalue weighted by molar-refractivity contribution is 1.17. The lowest BCUT2D eigenvalue weighted by Crippen LogP contribution is -2.15. The van der Waals surface area contributed by atoms with Gasteiger partial charge in [0.2, 0.25) is 0 Å². The van der Waals surface area contributed by atoms with Gasteiger partial charge in [-0.05, 0) is 37.6 Å². The van der Waals surface area contributed by atoms with Gasteiger partial charge < -0.3 is 11.1 Å². The van der Waals surface area contributed by atoms with Crippen molar-refractivity contribution >= 4 is 40.3 Å². The molecule has 2 rings (SSSR count). The number of aromatic nitrogens is 1. The second-order valence-corrected chi connectivity index (χ2v) is 5.12. The summed E-state index contributed by atoms with van der Waals surface area (Å²) in [6.07, 6.45) is 0. The molecule has 19 heavy (non-hydrogen) atoms. The molecule has 0 fully saturated rings. The Hall–Kier alpha value is -1.65. The highest BCUT2D eigenvalue weighted by molar-refractivity contribution is 7.80. The van der Waals surface area contributed by atoms with Gasteiger partial charge in [0.05, 0.1) is 16.3 Å². The Morgan fingerprint density at radius 3 is 2.63 bits per heavy atom. The van der Waals surface area contributed by atoms with Crippen molar-refractivity contribution in [1.82, 2.24) is 4.98 Å². The second-order valence-electron chi connectivity index (χ2n) is 4.27. The summed E-state index contributed by atoms with van der Waals surface area (Å²) in [7, 11) is 0. The molecule has 0 aliphatic heterocycles. The van der Waals surface area contributed by atoms with Crippen LogP contribution < -0.4 is 11.1 Å². The molecule has 0 bridgehead atoms. The van der Waals surface area contributed by atoms with Crippen LogP contribution in [0.5, 0.6) is 0 Å². The van der Waals surface area contributed by atoms with Crippen molar-refractivity contribution in [3.8, 4) is 0 Å². The number of nitrogens with two attached hydrogens (primary N) is 1. The van der Waals surface area contributed by atoms with Gasteiger partial charge in [-0.1, -0.05) is 36.0 Å². The second kappa shape index (κ2) is 5.55. The Labute approximate surface area is 122 Å². The third-order valence-electron chi connectivity index (χ3n) is 2.72. The van der Waals surface area contributed by atoms with Crippen molar-refractivity contribution in [2.75, 3.05) is 5.32 Å². The Morgan fingerprint density at radius 1 is 1.32 bits per heavy atom. The zero-order chi connectivity index (χ0) is 14.0. The number of hydrogen-bond acceptors (Lipinski definition) is 3. The first-order valence-electron chi connectivity index (χ1n) is 5.78. The van der Waals surface area contributed by atoms with E-state index in [1.165, 1.54) is 0 Å². The van der Waals surface area contributed by atoms with Crippen molar-refractivity contribution in [2.24, 2.45) is 5.73 Å². The molecule has 2 aromatic rings. The van der Waals surface area contributed by atoms with E-state index in [-0.39, 0.29) is 0 Å². The molecule has 1 heterocycles. The number of hydrogen-bond donors (Lipinski definition) is 2. The van der Waals surface area contributed by atoms with E-state index in [1.807, 2.05) is 44.2 Å². The molecular formula is C14H14ClN3S. The Morgan fingerprint density at radius 2 is 2.00 bits per heavy atom. The third kappa shape index (κ3) is 3.03. The number of nitrogens with zero attached hydrogens (tertiary/aromatic N) is 1. The van der Waals surface area contributed by atoms with Gasteiger partial charge in [-0.25, -0.2) is 4.98 Å². The summed E-state index contributed by atoms with van der Waals surface area (Å²) in [5.41, 5.74) is 9.19. The predicted molar refractivity (Wildman–Crippen MR) is 84.3 cm³/mol. The van der Waals surface area contributed by atoms with Gasteiger partial charge in [0.1, 0.15) is 10.8 Å². The van der Waals surface area contributed by atoms with Crippen LogP contribution in [-0.2, 0) is 0 Å². The van der Waals surface area contributed by atoms with E-state index < -0.39 is 0 Å². The summed E-state index contributed by atoms with van der Waals surface area (Å²) in [4.78, 5) is 4.77. The molecular weight excluding hydrogens is 278 g/mol. The zero-order valence-electron chi connectivity index (χ0n) is 10.7. The van der Waals surface area contributed by atoms with E-state index in [0.717, 1.165) is 22.5 Å². The number of pyridine rings is 1. The normalized spacial score (nSPS) is 10.3. The number of nitrogens with one attached hydrogen (secondary N) is 1. The maximum Gasteiger partial charge on any atom is 0.141 e. The molecule has 5 heteroatoms. The number of aryl methyl sites for hydroxylation is 2. The highest BCUT2D eigenvalue weighted by atomic mass is 35.5. The summed E-state index contributed by atoms with van der Waals surface area (Å²) < 4.78 is 0. The van der Waals surface area contributed by atoms with E-state index in [1.54, 1.807) is 0 Å². The van der Waals surface area contributed by atoms with E-state index >= 15 is 0 Å². The van der Waals surface area contributed by atoms with Crippen molar-refractivity contribution < 1.29 is 0 Å². The minimum atomic E-state index is 0.319. The topological polar surface area (TPSA) is 50.9 Å². The molecule has 0 saturated heterocycles. The minimum Gasteiger partial charge on any atom is -0.389 e. The van der Waals surface area contributed by atoms with Crippen LogP contribution in [0.25, 0.3) is 0 Å². The molecule has 1 aromatic carbocycles. The number of benzene rings is 1. The van der Waals surface area contributed by atoms with Crippen LogP contribution in [0.1, 0.15) is 16.8 Å². The number of thiocarbonyl (C=S) groups is 1. The smallest absolute Gasteiger partial charge is 0.141 e. The van der Waals surface area contributed by atoms with Gasteiger partial charge in [-0.3, -0.25) is 0 Å². The standard InChI is InChI=1S/C14H14ClN3S/c1-8-7-9(2)17-14(12(8)13(16)19)18-11-6-4-3-5-10(11)15/h3-7H,1-2H3,(H2,16,19)(H,17,18). The van der Waals surface area contributed by atoms with Gasteiger partial charge in [-0.2, -0.15) is 0 Å². The van der Waals surface area contributed by atoms with Crippen molar-refractivity contribution in [2.45, 2.75) is 13.8 Å². The highest BCUT2D eigenvalue weighted by Crippen LogP contribution is 2.27. The van der Waals surface area contributed by atoms with Crippen molar-refractivity contribution in [3.05, 3.63) is 52.2 Å². The van der Waals surface area contributed by atoms with Crippen molar-refractivity contribution in [1.29, 1.82) is 0 Å². The quantitative estimate of drug-likeness (QED) is 0.846. The van der Waals surface area contributed by atoms with Crippen LogP contribution in [0.15, 0.2) is 30.3 Å². The molecule has 0 amide bonds. The Kier molecular flexibility index (Phi) is 4.02. The van der Waals surface area contributed by atoms with Gasteiger partial charge in [0.25, 0.3) is 0 Å². The fraction of sp³-hybridized carbons (Fsp3) is 0.143. The van der Waals surface area contributed by atoms with E-state index in [9.17, 15) is 0 Å². The average Bonchev–Trinajstić information content (AvgIpc) is 2.30. The fourth-order valence-electron chi connectivity index (χ4n) is 1.93. The summed E-state index contributed by atoms with van der Waals surface area (Å²) in [6.45, 7) is 3.88. The summed E-state index contributed by atoms with van der Waals surface area (Å²) in [5, 5.41) is 3.82. The Balaban J connectivity index is 2.51. The molecule has 0 unspecified atom stereocenters. The molecule has 3 nitrogen and oxygen atoms in total. The van der Waals surface area contributed by atoms with Crippen LogP contribution in [0.2, 0.25) is 5.02 Å². The fourth-order valence-corrected chi connectivity index (χ4v) is 2.37. The average molecular weight is 292 g/mol. The summed E-state index contributed by atoms with van der Waals surface area (Å²) >= 11 is 11.2. The third-order valence-corrected chi connectivity index (χ3v) is 3.25. The lowest BCUT2D eigenvalue weighted by atomic mass is 10.1. The van der Waals surface area contributed by atoms with Crippen LogP contribution in [0, 0.1) is 13.8 Å². The molecule has 0 aliphatic rings. The maximum atomic E-state index is 6.13. The first-order chi connectivity index (χ1) is 8.99. The molecule has 1 aromatic heterocycles. The molecule has 0 radical (unpaired) electrons. The molecule has 0 spiro atoms. The maximum absolute atomic E-state index is 6.13. The lowest BCUT2D eigenvalue weighted by Gasteiger charge is -2.14. The zero-order valence-corrected chi connectivity index (χ0v) is 12.3. The minimum absolute atomic E-state index is 0.319. The van der Waals surface area contributed by atoms with E-state index in [4.69, 9.17) is 29.6 Å². The Bertz CT molecular complexity index is 641. The van der Waals surface area contributed by atoms with Crippen LogP contribution in [0.3, 0.4) is 0 Å². The number of halogens is 1. The molecule has 0 aliphatic carbocycles. The number of para-hydroxylation sites is 1. The molecule has 0 atom stereocenters. The van der Waals surface area contributed by atoms with E-state index in [2.05, 4.69) is 10.3 Å². The van der Waals surface area contributed by atoms with Gasteiger partial charge in [0, 0.05) is 5.69 Å². The SMILES string of the molecule is Cc1cc(C)c(C(N)=S)c(Nc2ccccc2Cl)n1. The summed E-state index contributed by atoms with van der Waals surface area (Å²) in [6, 6.07) is 9.42. The number of rotatable bonds is 3. The van der Waals surface area contributed by atoms with Crippen LogP contribution in [-0.4, -0.2) is 9.97 Å². The molecule has 3 N–H and O–H groups in total. The van der Waals surface area contributed by atoms with E-state index in [0.29, 0.717) is 15.8 Å². The largest absolute Gasteiger partial charge is 0.389 e. The van der Waals surface area contributed by atoms with Crippen LogP contribution >= 0.6 is 23.8 Å². The summed E-state index contributed by atoms with van der Waals surface area (Å²) in [5.74, 6) is 0.637. The number of anilines is 2. The highest BCUT2D eigenvalue weighted by Gasteiger charge is 2.12. The monoisotopic (exact) mass is 291 g/mol. The first-order valence-corrected chi connectivity index (χ1v) is 6.57. The van der Waals surface area contributed by atoms with Gasteiger partial charge in [-0.15, -0.1) is 0 Å². The predicted octanol–water partition coefficient (Wildman–Crippen LogP) is 3.73. The van der Waals surface area contributed by atoms with Crippen LogP contribution in [0.4, 0.5) is 11.5 Å². The molecule has 98 valence electrons. The van der Waals surface area contributed by atoms with Crippen molar-refractivity contribution in [3.63, 3.8) is 0 Å². The van der Waals surface area contributed by atoms with Gasteiger partial charge >= 0.3 is 0 Å². The molecule has 0 saturated carbocycles.